The first-order valence-electron chi connectivity index (χ1n) is 9.18. The lowest BCUT2D eigenvalue weighted by atomic mass is 10.1. The van der Waals surface area contributed by atoms with Gasteiger partial charge >= 0.3 is 0 Å². The number of fused-ring (bicyclic) bond motifs is 1. The van der Waals surface area contributed by atoms with Gasteiger partial charge in [-0.05, 0) is 48.9 Å². The number of nitrogens with one attached hydrogen (secondary N) is 2. The summed E-state index contributed by atoms with van der Waals surface area (Å²) in [5, 5.41) is 6.62. The van der Waals surface area contributed by atoms with Gasteiger partial charge in [-0.25, -0.2) is 0 Å². The number of nitrogens with zero attached hydrogens (tertiary/aromatic N) is 1. The van der Waals surface area contributed by atoms with Crippen LogP contribution in [0, 0.1) is 6.92 Å². The van der Waals surface area contributed by atoms with Crippen LogP contribution in [0.1, 0.15) is 32.2 Å². The predicted octanol–water partition coefficient (Wildman–Crippen LogP) is 4.32. The van der Waals surface area contributed by atoms with E-state index < -0.39 is 0 Å². The van der Waals surface area contributed by atoms with Crippen LogP contribution in [-0.4, -0.2) is 16.8 Å². The zero-order valence-corrected chi connectivity index (χ0v) is 15.8. The van der Waals surface area contributed by atoms with Crippen LogP contribution in [0.3, 0.4) is 0 Å². The number of hydrogen-bond acceptors (Lipinski definition) is 4. The number of aromatic nitrogens is 1. The number of carbonyl (C=O) groups excluding carboxylic acids is 2. The van der Waals surface area contributed by atoms with E-state index in [1.807, 2.05) is 55.5 Å². The Morgan fingerprint density at radius 3 is 2.66 bits per heavy atom. The van der Waals surface area contributed by atoms with Crippen LogP contribution in [-0.2, 0) is 6.54 Å². The van der Waals surface area contributed by atoms with Crippen LogP contribution in [0.25, 0.3) is 10.9 Å². The van der Waals surface area contributed by atoms with Crippen molar-refractivity contribution < 1.29 is 14.0 Å². The Kier molecular flexibility index (Phi) is 5.07. The van der Waals surface area contributed by atoms with Gasteiger partial charge in [0.15, 0.2) is 5.76 Å². The molecule has 0 radical (unpaired) electrons. The first-order valence-corrected chi connectivity index (χ1v) is 9.18. The van der Waals surface area contributed by atoms with Crippen molar-refractivity contribution in [3.63, 3.8) is 0 Å². The SMILES string of the molecule is Cc1nc2ccccc2cc1C(=O)NCc1cccc(NC(=O)c2ccco2)c1. The molecule has 144 valence electrons. The number of furan rings is 1. The molecule has 4 aromatic rings. The maximum atomic E-state index is 12.7. The van der Waals surface area contributed by atoms with E-state index >= 15 is 0 Å². The van der Waals surface area contributed by atoms with Crippen molar-refractivity contribution in [1.29, 1.82) is 0 Å². The average molecular weight is 385 g/mol. The lowest BCUT2D eigenvalue weighted by Crippen LogP contribution is -2.24. The first-order chi connectivity index (χ1) is 14.1. The number of amides is 2. The maximum absolute atomic E-state index is 12.7. The second kappa shape index (κ2) is 7.98. The third-order valence-corrected chi connectivity index (χ3v) is 4.54. The second-order valence-corrected chi connectivity index (χ2v) is 6.63. The van der Waals surface area contributed by atoms with E-state index in [1.165, 1.54) is 6.26 Å². The molecule has 2 heterocycles. The fourth-order valence-electron chi connectivity index (χ4n) is 3.08. The quantitative estimate of drug-likeness (QED) is 0.536. The summed E-state index contributed by atoms with van der Waals surface area (Å²) in [6.45, 7) is 2.15. The molecule has 0 unspecified atom stereocenters. The van der Waals surface area contributed by atoms with Crippen molar-refractivity contribution in [2.45, 2.75) is 13.5 Å². The number of rotatable bonds is 5. The fourth-order valence-corrected chi connectivity index (χ4v) is 3.08. The molecule has 0 saturated heterocycles. The number of para-hydroxylation sites is 1. The number of carbonyl (C=O) groups is 2. The van der Waals surface area contributed by atoms with Crippen molar-refractivity contribution in [1.82, 2.24) is 10.3 Å². The topological polar surface area (TPSA) is 84.2 Å². The van der Waals surface area contributed by atoms with Crippen LogP contribution in [0.4, 0.5) is 5.69 Å². The molecule has 0 spiro atoms. The molecule has 0 saturated carbocycles. The molecule has 0 fully saturated rings. The smallest absolute Gasteiger partial charge is 0.291 e. The average Bonchev–Trinajstić information content (AvgIpc) is 3.27. The number of aryl methyl sites for hydroxylation is 1. The maximum Gasteiger partial charge on any atom is 0.291 e. The van der Waals surface area contributed by atoms with Crippen LogP contribution in [0.5, 0.6) is 0 Å². The number of pyridine rings is 1. The molecule has 4 rings (SSSR count). The van der Waals surface area contributed by atoms with E-state index in [0.29, 0.717) is 23.5 Å². The Labute approximate surface area is 167 Å². The van der Waals surface area contributed by atoms with Crippen LogP contribution in [0.2, 0.25) is 0 Å². The standard InChI is InChI=1S/C23H19N3O3/c1-15-19(13-17-7-2-3-9-20(17)25-15)22(27)24-14-16-6-4-8-18(12-16)26-23(28)21-10-5-11-29-21/h2-13H,14H2,1H3,(H,24,27)(H,26,28). The number of benzene rings is 2. The van der Waals surface area contributed by atoms with Gasteiger partial charge in [0, 0.05) is 17.6 Å². The van der Waals surface area contributed by atoms with Gasteiger partial charge in [0.25, 0.3) is 11.8 Å². The van der Waals surface area contributed by atoms with Gasteiger partial charge in [-0.15, -0.1) is 0 Å². The highest BCUT2D eigenvalue weighted by molar-refractivity contribution is 6.02. The molecule has 6 nitrogen and oxygen atoms in total. The molecular weight excluding hydrogens is 366 g/mol. The molecule has 0 bridgehead atoms. The summed E-state index contributed by atoms with van der Waals surface area (Å²) in [5.74, 6) is -0.275. The predicted molar refractivity (Wildman–Crippen MR) is 111 cm³/mol. The largest absolute Gasteiger partial charge is 0.459 e. The van der Waals surface area contributed by atoms with Gasteiger partial charge in [0.2, 0.25) is 0 Å². The van der Waals surface area contributed by atoms with Gasteiger partial charge in [0.1, 0.15) is 0 Å². The summed E-state index contributed by atoms with van der Waals surface area (Å²) < 4.78 is 5.09. The van der Waals surface area contributed by atoms with Crippen molar-refractivity contribution in [2.24, 2.45) is 0 Å². The van der Waals surface area contributed by atoms with Crippen LogP contribution < -0.4 is 10.6 Å². The highest BCUT2D eigenvalue weighted by Crippen LogP contribution is 2.17. The number of hydrogen-bond donors (Lipinski definition) is 2. The van der Waals surface area contributed by atoms with E-state index in [9.17, 15) is 9.59 Å². The molecule has 0 aliphatic heterocycles. The zero-order valence-electron chi connectivity index (χ0n) is 15.8. The van der Waals surface area contributed by atoms with E-state index in [4.69, 9.17) is 4.42 Å². The Morgan fingerprint density at radius 1 is 0.966 bits per heavy atom. The van der Waals surface area contributed by atoms with Gasteiger partial charge in [-0.3, -0.25) is 14.6 Å². The second-order valence-electron chi connectivity index (χ2n) is 6.63. The highest BCUT2D eigenvalue weighted by Gasteiger charge is 2.12. The van der Waals surface area contributed by atoms with Crippen molar-refractivity contribution in [3.05, 3.63) is 95.6 Å². The molecule has 6 heteroatoms. The van der Waals surface area contributed by atoms with E-state index in [1.54, 1.807) is 18.2 Å². The molecule has 2 N–H and O–H groups in total. The van der Waals surface area contributed by atoms with Crippen LogP contribution in [0.15, 0.2) is 77.4 Å². The molecule has 0 aliphatic rings. The molecule has 2 amide bonds. The Balaban J connectivity index is 1.44. The molecule has 2 aromatic heterocycles. The third-order valence-electron chi connectivity index (χ3n) is 4.54. The van der Waals surface area contributed by atoms with Gasteiger partial charge < -0.3 is 15.1 Å². The molecule has 2 aromatic carbocycles. The molecule has 0 atom stereocenters. The minimum atomic E-state index is -0.325. The van der Waals surface area contributed by atoms with Crippen LogP contribution >= 0.6 is 0 Å². The van der Waals surface area contributed by atoms with Crippen molar-refractivity contribution >= 4 is 28.4 Å². The first kappa shape index (κ1) is 18.4. The Hall–Kier alpha value is -3.93. The minimum Gasteiger partial charge on any atom is -0.459 e. The highest BCUT2D eigenvalue weighted by atomic mass is 16.3. The fraction of sp³-hybridized carbons (Fsp3) is 0.0870. The molecular formula is C23H19N3O3. The molecule has 0 aliphatic carbocycles. The Bertz CT molecular complexity index is 1180. The third kappa shape index (κ3) is 4.16. The van der Waals surface area contributed by atoms with Gasteiger partial charge in [-0.2, -0.15) is 0 Å². The number of anilines is 1. The van der Waals surface area contributed by atoms with E-state index in [0.717, 1.165) is 16.5 Å². The summed E-state index contributed by atoms with van der Waals surface area (Å²) in [5.41, 5.74) is 3.58. The van der Waals surface area contributed by atoms with E-state index in [-0.39, 0.29) is 17.6 Å². The van der Waals surface area contributed by atoms with Gasteiger partial charge in [0.05, 0.1) is 23.0 Å². The summed E-state index contributed by atoms with van der Waals surface area (Å²) in [6.07, 6.45) is 1.45. The van der Waals surface area contributed by atoms with Crippen molar-refractivity contribution in [3.8, 4) is 0 Å². The summed E-state index contributed by atoms with van der Waals surface area (Å²) in [7, 11) is 0. The summed E-state index contributed by atoms with van der Waals surface area (Å²) in [4.78, 5) is 29.3. The summed E-state index contributed by atoms with van der Waals surface area (Å²) >= 11 is 0. The Morgan fingerprint density at radius 2 is 1.83 bits per heavy atom. The van der Waals surface area contributed by atoms with Crippen molar-refractivity contribution in [2.75, 3.05) is 5.32 Å². The minimum absolute atomic E-state index is 0.189. The lowest BCUT2D eigenvalue weighted by molar-refractivity contribution is 0.0948. The molecule has 29 heavy (non-hydrogen) atoms. The van der Waals surface area contributed by atoms with Gasteiger partial charge in [-0.1, -0.05) is 30.3 Å². The zero-order chi connectivity index (χ0) is 20.2. The monoisotopic (exact) mass is 385 g/mol. The lowest BCUT2D eigenvalue weighted by Gasteiger charge is -2.10. The van der Waals surface area contributed by atoms with E-state index in [2.05, 4.69) is 15.6 Å². The normalized spacial score (nSPS) is 10.7. The summed E-state index contributed by atoms with van der Waals surface area (Å²) in [6, 6.07) is 20.1.